The zero-order valence-electron chi connectivity index (χ0n) is 12.5. The lowest BCUT2D eigenvalue weighted by Gasteiger charge is -2.27. The quantitative estimate of drug-likeness (QED) is 0.651. The third-order valence-corrected chi connectivity index (χ3v) is 3.85. The first kappa shape index (κ1) is 14.7. The maximum Gasteiger partial charge on any atom is 0.261 e. The van der Waals surface area contributed by atoms with Crippen molar-refractivity contribution in [3.05, 3.63) is 47.5 Å². The van der Waals surface area contributed by atoms with Crippen molar-refractivity contribution < 1.29 is 14.3 Å². The molecular weight excluding hydrogens is 280 g/mol. The monoisotopic (exact) mass is 298 g/mol. The van der Waals surface area contributed by atoms with Crippen molar-refractivity contribution in [3.8, 4) is 0 Å². The second-order valence-electron chi connectivity index (χ2n) is 5.21. The number of nitrogens with one attached hydrogen (secondary N) is 1. The zero-order chi connectivity index (χ0) is 15.5. The van der Waals surface area contributed by atoms with Crippen LogP contribution in [0.25, 0.3) is 10.8 Å². The number of ether oxygens (including phenoxy) is 1. The number of benzene rings is 2. The van der Waals surface area contributed by atoms with Crippen molar-refractivity contribution in [1.29, 1.82) is 0 Å². The van der Waals surface area contributed by atoms with Gasteiger partial charge in [-0.3, -0.25) is 14.5 Å². The highest BCUT2D eigenvalue weighted by Crippen LogP contribution is 2.29. The van der Waals surface area contributed by atoms with Crippen LogP contribution in [0.1, 0.15) is 20.7 Å². The van der Waals surface area contributed by atoms with E-state index < -0.39 is 0 Å². The predicted molar refractivity (Wildman–Crippen MR) is 84.1 cm³/mol. The zero-order valence-corrected chi connectivity index (χ0v) is 12.5. The molecule has 0 bridgehead atoms. The van der Waals surface area contributed by atoms with Crippen LogP contribution in [0.2, 0.25) is 0 Å². The maximum atomic E-state index is 12.6. The molecule has 0 unspecified atom stereocenters. The van der Waals surface area contributed by atoms with Crippen molar-refractivity contribution >= 4 is 22.6 Å². The van der Waals surface area contributed by atoms with E-state index in [1.54, 1.807) is 19.2 Å². The molecular formula is C17H18N2O3. The van der Waals surface area contributed by atoms with E-state index in [0.717, 1.165) is 10.8 Å². The molecule has 1 heterocycles. The third kappa shape index (κ3) is 2.49. The molecule has 0 radical (unpaired) electrons. The Labute approximate surface area is 128 Å². The van der Waals surface area contributed by atoms with E-state index >= 15 is 0 Å². The molecule has 5 heteroatoms. The van der Waals surface area contributed by atoms with E-state index in [1.165, 1.54) is 4.90 Å². The molecule has 0 aliphatic carbocycles. The smallest absolute Gasteiger partial charge is 0.261 e. The lowest BCUT2D eigenvalue weighted by molar-refractivity contribution is 0.0611. The SMILES string of the molecule is COCCNCCN1C(=O)c2cccc3cccc(c23)C1=O. The fraction of sp³-hybridized carbons (Fsp3) is 0.294. The van der Waals surface area contributed by atoms with Gasteiger partial charge in [-0.25, -0.2) is 0 Å². The van der Waals surface area contributed by atoms with Gasteiger partial charge < -0.3 is 10.1 Å². The molecule has 2 aromatic carbocycles. The Morgan fingerprint density at radius 2 is 1.64 bits per heavy atom. The summed E-state index contributed by atoms with van der Waals surface area (Å²) >= 11 is 0. The van der Waals surface area contributed by atoms with Crippen LogP contribution in [0.4, 0.5) is 0 Å². The molecule has 0 fully saturated rings. The summed E-state index contributed by atoms with van der Waals surface area (Å²) in [5, 5.41) is 4.85. The number of carbonyl (C=O) groups excluding carboxylic acids is 2. The highest BCUT2D eigenvalue weighted by atomic mass is 16.5. The van der Waals surface area contributed by atoms with E-state index in [-0.39, 0.29) is 11.8 Å². The summed E-state index contributed by atoms with van der Waals surface area (Å²) in [7, 11) is 1.64. The van der Waals surface area contributed by atoms with Gasteiger partial charge in [0.25, 0.3) is 11.8 Å². The molecule has 0 saturated heterocycles. The molecule has 5 nitrogen and oxygen atoms in total. The van der Waals surface area contributed by atoms with E-state index in [4.69, 9.17) is 4.74 Å². The van der Waals surface area contributed by atoms with Crippen LogP contribution in [0.5, 0.6) is 0 Å². The summed E-state index contributed by atoms with van der Waals surface area (Å²) in [6.07, 6.45) is 0. The molecule has 1 N–H and O–H groups in total. The molecule has 1 aliphatic heterocycles. The van der Waals surface area contributed by atoms with E-state index in [0.29, 0.717) is 37.4 Å². The summed E-state index contributed by atoms with van der Waals surface area (Å²) < 4.78 is 4.95. The molecule has 22 heavy (non-hydrogen) atoms. The highest BCUT2D eigenvalue weighted by molar-refractivity contribution is 6.25. The first-order valence-corrected chi connectivity index (χ1v) is 7.31. The number of methoxy groups -OCH3 is 1. The highest BCUT2D eigenvalue weighted by Gasteiger charge is 2.31. The Balaban J connectivity index is 1.85. The Morgan fingerprint density at radius 1 is 1.00 bits per heavy atom. The molecule has 2 aromatic rings. The van der Waals surface area contributed by atoms with Crippen LogP contribution in [-0.4, -0.2) is 50.1 Å². The first-order valence-electron chi connectivity index (χ1n) is 7.31. The number of hydrogen-bond donors (Lipinski definition) is 1. The number of nitrogens with zero attached hydrogens (tertiary/aromatic N) is 1. The van der Waals surface area contributed by atoms with Gasteiger partial charge in [0.05, 0.1) is 6.61 Å². The molecule has 0 aromatic heterocycles. The Kier molecular flexibility index (Phi) is 4.18. The first-order chi connectivity index (χ1) is 10.7. The maximum absolute atomic E-state index is 12.6. The molecule has 1 aliphatic rings. The Hall–Kier alpha value is -2.24. The minimum Gasteiger partial charge on any atom is -0.383 e. The van der Waals surface area contributed by atoms with Gasteiger partial charge in [0, 0.05) is 43.3 Å². The summed E-state index contributed by atoms with van der Waals surface area (Å²) in [4.78, 5) is 26.5. The van der Waals surface area contributed by atoms with Gasteiger partial charge in [0.1, 0.15) is 0 Å². The van der Waals surface area contributed by atoms with E-state index in [9.17, 15) is 9.59 Å². The van der Waals surface area contributed by atoms with Gasteiger partial charge in [0.2, 0.25) is 0 Å². The largest absolute Gasteiger partial charge is 0.383 e. The number of imide groups is 1. The molecule has 114 valence electrons. The predicted octanol–water partition coefficient (Wildman–Crippen LogP) is 1.67. The van der Waals surface area contributed by atoms with Crippen molar-refractivity contribution in [3.63, 3.8) is 0 Å². The average molecular weight is 298 g/mol. The minimum absolute atomic E-state index is 0.220. The van der Waals surface area contributed by atoms with E-state index in [1.807, 2.05) is 24.3 Å². The van der Waals surface area contributed by atoms with Crippen molar-refractivity contribution in [2.24, 2.45) is 0 Å². The molecule has 3 rings (SSSR count). The van der Waals surface area contributed by atoms with E-state index in [2.05, 4.69) is 5.32 Å². The summed E-state index contributed by atoms with van der Waals surface area (Å²) in [6, 6.07) is 11.1. The Bertz CT molecular complexity index is 676. The van der Waals surface area contributed by atoms with Gasteiger partial charge in [-0.1, -0.05) is 24.3 Å². The summed E-state index contributed by atoms with van der Waals surface area (Å²) in [5.41, 5.74) is 1.20. The molecule has 0 spiro atoms. The van der Waals surface area contributed by atoms with Gasteiger partial charge in [-0.2, -0.15) is 0 Å². The number of amides is 2. The standard InChI is InChI=1S/C17H18N2O3/c1-22-11-9-18-8-10-19-16(20)13-6-2-4-12-5-3-7-14(15(12)13)17(19)21/h2-7,18H,8-11H2,1H3. The van der Waals surface area contributed by atoms with Crippen molar-refractivity contribution in [1.82, 2.24) is 10.2 Å². The van der Waals surface area contributed by atoms with Crippen LogP contribution in [0.3, 0.4) is 0 Å². The van der Waals surface area contributed by atoms with Gasteiger partial charge in [-0.05, 0) is 17.5 Å². The van der Waals surface area contributed by atoms with Crippen LogP contribution in [0.15, 0.2) is 36.4 Å². The fourth-order valence-corrected chi connectivity index (χ4v) is 2.77. The van der Waals surface area contributed by atoms with Crippen LogP contribution in [0, 0.1) is 0 Å². The van der Waals surface area contributed by atoms with Crippen LogP contribution < -0.4 is 5.32 Å². The van der Waals surface area contributed by atoms with Crippen molar-refractivity contribution in [2.45, 2.75) is 0 Å². The topological polar surface area (TPSA) is 58.6 Å². The van der Waals surface area contributed by atoms with Gasteiger partial charge in [0.15, 0.2) is 0 Å². The normalized spacial score (nSPS) is 14.0. The lowest BCUT2D eigenvalue weighted by atomic mass is 9.94. The third-order valence-electron chi connectivity index (χ3n) is 3.85. The second-order valence-corrected chi connectivity index (χ2v) is 5.21. The summed E-state index contributed by atoms with van der Waals surface area (Å²) in [5.74, 6) is -0.439. The number of carbonyl (C=O) groups is 2. The molecule has 0 saturated carbocycles. The number of hydrogen-bond acceptors (Lipinski definition) is 4. The molecule has 0 atom stereocenters. The number of rotatable bonds is 6. The average Bonchev–Trinajstić information content (AvgIpc) is 2.55. The van der Waals surface area contributed by atoms with Gasteiger partial charge in [-0.15, -0.1) is 0 Å². The lowest BCUT2D eigenvalue weighted by Crippen LogP contribution is -2.44. The second kappa shape index (κ2) is 6.25. The Morgan fingerprint density at radius 3 is 2.23 bits per heavy atom. The fourth-order valence-electron chi connectivity index (χ4n) is 2.77. The summed E-state index contributed by atoms with van der Waals surface area (Å²) in [6.45, 7) is 2.20. The van der Waals surface area contributed by atoms with Crippen LogP contribution >= 0.6 is 0 Å². The van der Waals surface area contributed by atoms with Crippen LogP contribution in [-0.2, 0) is 4.74 Å². The minimum atomic E-state index is -0.220. The molecule has 2 amide bonds. The van der Waals surface area contributed by atoms with Crippen molar-refractivity contribution in [2.75, 3.05) is 33.4 Å². The van der Waals surface area contributed by atoms with Gasteiger partial charge >= 0.3 is 0 Å².